The lowest BCUT2D eigenvalue weighted by Gasteiger charge is -2.22. The van der Waals surface area contributed by atoms with Crippen molar-refractivity contribution >= 4 is 23.1 Å². The number of allylic oxidation sites excluding steroid dienone is 1. The van der Waals surface area contributed by atoms with Gasteiger partial charge in [-0.3, -0.25) is 15.0 Å². The van der Waals surface area contributed by atoms with E-state index in [1.807, 2.05) is 6.07 Å². The van der Waals surface area contributed by atoms with Gasteiger partial charge in [0, 0.05) is 24.1 Å². The Morgan fingerprint density at radius 3 is 2.67 bits per heavy atom. The van der Waals surface area contributed by atoms with Crippen LogP contribution in [0, 0.1) is 5.92 Å². The van der Waals surface area contributed by atoms with Crippen molar-refractivity contribution in [2.75, 3.05) is 5.32 Å². The summed E-state index contributed by atoms with van der Waals surface area (Å²) in [7, 11) is 0. The van der Waals surface area contributed by atoms with Crippen LogP contribution < -0.4 is 10.7 Å². The molecule has 5 nitrogen and oxygen atoms in total. The highest BCUT2D eigenvalue weighted by Gasteiger charge is 2.20. The molecule has 2 N–H and O–H groups in total. The Kier molecular flexibility index (Phi) is 4.21. The van der Waals surface area contributed by atoms with Gasteiger partial charge in [0.1, 0.15) is 0 Å². The monoisotopic (exact) mass is 285 g/mol. The molecule has 2 rings (SSSR count). The van der Waals surface area contributed by atoms with E-state index in [2.05, 4.69) is 29.3 Å². The Morgan fingerprint density at radius 1 is 1.38 bits per heavy atom. The van der Waals surface area contributed by atoms with Gasteiger partial charge in [0.25, 0.3) is 0 Å². The molecule has 0 bridgehead atoms. The van der Waals surface area contributed by atoms with Gasteiger partial charge >= 0.3 is 0 Å². The molecule has 0 saturated heterocycles. The zero-order valence-electron chi connectivity index (χ0n) is 12.5. The van der Waals surface area contributed by atoms with Crippen LogP contribution in [-0.4, -0.2) is 17.4 Å². The number of hydrazone groups is 1. The van der Waals surface area contributed by atoms with Crippen molar-refractivity contribution < 1.29 is 9.59 Å². The fourth-order valence-electron chi connectivity index (χ4n) is 2.40. The largest absolute Gasteiger partial charge is 0.326 e. The summed E-state index contributed by atoms with van der Waals surface area (Å²) in [5, 5.41) is 7.00. The van der Waals surface area contributed by atoms with Crippen LogP contribution in [0.5, 0.6) is 0 Å². The van der Waals surface area contributed by atoms with Crippen molar-refractivity contribution in [1.29, 1.82) is 0 Å². The standard InChI is InChI=1S/C16H19N3O2/c1-9-7-10(2)18-19-16(9)13-5-6-15(17-12(4)21)14(8-13)11(3)20/h5-6,8-9,18H,2,7H2,1,3-4H3,(H,17,21)/t9-/m1/s1. The predicted octanol–water partition coefficient (Wildman–Crippen LogP) is 2.69. The molecule has 0 aliphatic carbocycles. The summed E-state index contributed by atoms with van der Waals surface area (Å²) in [6.07, 6.45) is 0.807. The first kappa shape index (κ1) is 15.0. The fourth-order valence-corrected chi connectivity index (χ4v) is 2.40. The van der Waals surface area contributed by atoms with Crippen LogP contribution in [0.25, 0.3) is 0 Å². The number of amides is 1. The molecule has 1 aliphatic rings. The Hall–Kier alpha value is -2.43. The van der Waals surface area contributed by atoms with Crippen molar-refractivity contribution in [2.45, 2.75) is 27.2 Å². The van der Waals surface area contributed by atoms with E-state index in [0.29, 0.717) is 11.3 Å². The molecular formula is C16H19N3O2. The van der Waals surface area contributed by atoms with E-state index in [4.69, 9.17) is 0 Å². The van der Waals surface area contributed by atoms with Crippen LogP contribution in [0.1, 0.15) is 43.1 Å². The van der Waals surface area contributed by atoms with Gasteiger partial charge in [-0.15, -0.1) is 0 Å². The predicted molar refractivity (Wildman–Crippen MR) is 83.3 cm³/mol. The van der Waals surface area contributed by atoms with Crippen molar-refractivity contribution in [1.82, 2.24) is 5.43 Å². The van der Waals surface area contributed by atoms with Gasteiger partial charge in [0.2, 0.25) is 5.91 Å². The first-order valence-corrected chi connectivity index (χ1v) is 6.82. The number of nitrogens with zero attached hydrogens (tertiary/aromatic N) is 1. The Labute approximate surface area is 124 Å². The van der Waals surface area contributed by atoms with E-state index >= 15 is 0 Å². The van der Waals surface area contributed by atoms with E-state index in [1.165, 1.54) is 13.8 Å². The lowest BCUT2D eigenvalue weighted by atomic mass is 9.91. The molecule has 5 heteroatoms. The minimum absolute atomic E-state index is 0.0953. The molecule has 1 amide bonds. The summed E-state index contributed by atoms with van der Waals surface area (Å²) in [4.78, 5) is 23.0. The van der Waals surface area contributed by atoms with E-state index in [-0.39, 0.29) is 17.6 Å². The number of nitrogens with one attached hydrogen (secondary N) is 2. The molecule has 0 fully saturated rings. The number of rotatable bonds is 3. The third-order valence-corrected chi connectivity index (χ3v) is 3.36. The molecule has 0 spiro atoms. The first-order valence-electron chi connectivity index (χ1n) is 6.82. The van der Waals surface area contributed by atoms with E-state index in [1.54, 1.807) is 12.1 Å². The van der Waals surface area contributed by atoms with E-state index in [9.17, 15) is 9.59 Å². The molecule has 21 heavy (non-hydrogen) atoms. The van der Waals surface area contributed by atoms with E-state index < -0.39 is 0 Å². The molecule has 110 valence electrons. The maximum absolute atomic E-state index is 11.8. The number of hydrogen-bond donors (Lipinski definition) is 2. The molecule has 0 saturated carbocycles. The Bertz CT molecular complexity index is 647. The number of hydrogen-bond acceptors (Lipinski definition) is 4. The summed E-state index contributed by atoms with van der Waals surface area (Å²) >= 11 is 0. The van der Waals surface area contributed by atoms with E-state index in [0.717, 1.165) is 23.4 Å². The zero-order chi connectivity index (χ0) is 15.6. The second-order valence-corrected chi connectivity index (χ2v) is 5.32. The summed E-state index contributed by atoms with van der Waals surface area (Å²) < 4.78 is 0. The minimum Gasteiger partial charge on any atom is -0.326 e. The van der Waals surface area contributed by atoms with Crippen LogP contribution >= 0.6 is 0 Å². The highest BCUT2D eigenvalue weighted by Crippen LogP contribution is 2.24. The topological polar surface area (TPSA) is 70.6 Å². The number of carbonyl (C=O) groups excluding carboxylic acids is 2. The molecular weight excluding hydrogens is 266 g/mol. The third-order valence-electron chi connectivity index (χ3n) is 3.36. The molecule has 1 aromatic rings. The van der Waals surface area contributed by atoms with Gasteiger partial charge < -0.3 is 5.32 Å². The van der Waals surface area contributed by atoms with Gasteiger partial charge in [-0.1, -0.05) is 19.6 Å². The van der Waals surface area contributed by atoms with Gasteiger partial charge in [-0.05, 0) is 31.0 Å². The SMILES string of the molecule is C=C1C[C@@H](C)C(c2ccc(NC(C)=O)c(C(C)=O)c2)=NN1. The van der Waals surface area contributed by atoms with Gasteiger partial charge in [0.05, 0.1) is 11.4 Å². The van der Waals surface area contributed by atoms with Crippen molar-refractivity contribution in [2.24, 2.45) is 11.0 Å². The van der Waals surface area contributed by atoms with Crippen LogP contribution in [0.15, 0.2) is 35.6 Å². The summed E-state index contributed by atoms with van der Waals surface area (Å²) in [6, 6.07) is 5.38. The minimum atomic E-state index is -0.202. The fraction of sp³-hybridized carbons (Fsp3) is 0.312. The Balaban J connectivity index is 2.43. The lowest BCUT2D eigenvalue weighted by Crippen LogP contribution is -2.25. The Morgan fingerprint density at radius 2 is 2.10 bits per heavy atom. The number of carbonyl (C=O) groups is 2. The molecule has 1 aromatic carbocycles. The average molecular weight is 285 g/mol. The smallest absolute Gasteiger partial charge is 0.221 e. The van der Waals surface area contributed by atoms with Crippen LogP contribution in [0.4, 0.5) is 5.69 Å². The maximum Gasteiger partial charge on any atom is 0.221 e. The summed E-state index contributed by atoms with van der Waals surface area (Å²) in [6.45, 7) is 8.84. The van der Waals surface area contributed by atoms with Gasteiger partial charge in [-0.25, -0.2) is 0 Å². The third kappa shape index (κ3) is 3.37. The molecule has 0 unspecified atom stereocenters. The molecule has 1 heterocycles. The normalized spacial score (nSPS) is 17.8. The molecule has 0 radical (unpaired) electrons. The van der Waals surface area contributed by atoms with Crippen LogP contribution in [0.2, 0.25) is 0 Å². The number of anilines is 1. The quantitative estimate of drug-likeness (QED) is 0.839. The maximum atomic E-state index is 11.8. The zero-order valence-corrected chi connectivity index (χ0v) is 12.5. The number of benzene rings is 1. The first-order chi connectivity index (χ1) is 9.88. The second-order valence-electron chi connectivity index (χ2n) is 5.32. The lowest BCUT2D eigenvalue weighted by molar-refractivity contribution is -0.114. The summed E-state index contributed by atoms with van der Waals surface area (Å²) in [5.41, 5.74) is 6.56. The van der Waals surface area contributed by atoms with Crippen molar-refractivity contribution in [3.63, 3.8) is 0 Å². The number of Topliss-reactive ketones (excluding diaryl/α,β-unsaturated/α-hetero) is 1. The van der Waals surface area contributed by atoms with Crippen molar-refractivity contribution in [3.05, 3.63) is 41.6 Å². The second kappa shape index (κ2) is 5.91. The van der Waals surface area contributed by atoms with Gasteiger partial charge in [-0.2, -0.15) is 5.10 Å². The van der Waals surface area contributed by atoms with Crippen molar-refractivity contribution in [3.8, 4) is 0 Å². The average Bonchev–Trinajstić information content (AvgIpc) is 2.38. The van der Waals surface area contributed by atoms with Crippen LogP contribution in [0.3, 0.4) is 0 Å². The van der Waals surface area contributed by atoms with Gasteiger partial charge in [0.15, 0.2) is 5.78 Å². The highest BCUT2D eigenvalue weighted by atomic mass is 16.1. The molecule has 1 atom stereocenters. The van der Waals surface area contributed by atoms with Crippen LogP contribution in [-0.2, 0) is 4.79 Å². The number of ketones is 1. The molecule has 1 aliphatic heterocycles. The molecule has 0 aromatic heterocycles. The highest BCUT2D eigenvalue weighted by molar-refractivity contribution is 6.08. The summed E-state index contributed by atoms with van der Waals surface area (Å²) in [5.74, 6) is -0.0706.